The van der Waals surface area contributed by atoms with Crippen molar-refractivity contribution in [2.45, 2.75) is 18.2 Å². The van der Waals surface area contributed by atoms with Gasteiger partial charge in [0, 0.05) is 24.0 Å². The van der Waals surface area contributed by atoms with E-state index in [1.807, 2.05) is 16.7 Å². The Labute approximate surface area is 126 Å². The number of sulfonamides is 1. The summed E-state index contributed by atoms with van der Waals surface area (Å²) >= 11 is 1.49. The summed E-state index contributed by atoms with van der Waals surface area (Å²) in [7, 11) is -3.46. The van der Waals surface area contributed by atoms with Gasteiger partial charge in [-0.1, -0.05) is 17.7 Å². The highest BCUT2D eigenvalue weighted by molar-refractivity contribution is 7.89. The molecule has 3 rings (SSSR count). The average Bonchev–Trinajstić information content (AvgIpc) is 3.04. The second-order valence-electron chi connectivity index (χ2n) is 4.67. The third-order valence-electron chi connectivity index (χ3n) is 3.13. The topological polar surface area (TPSA) is 76.4 Å². The minimum absolute atomic E-state index is 0.285. The molecule has 0 aliphatic heterocycles. The van der Waals surface area contributed by atoms with E-state index in [2.05, 4.69) is 14.9 Å². The minimum atomic E-state index is -3.46. The molecule has 2 heterocycles. The number of thiazole rings is 1. The van der Waals surface area contributed by atoms with Crippen molar-refractivity contribution in [3.8, 4) is 0 Å². The summed E-state index contributed by atoms with van der Waals surface area (Å²) in [6.07, 6.45) is 2.22. The summed E-state index contributed by atoms with van der Waals surface area (Å²) in [6, 6.07) is 6.79. The maximum atomic E-state index is 12.1. The Kier molecular flexibility index (Phi) is 3.75. The smallest absolute Gasteiger partial charge is 0.240 e. The van der Waals surface area contributed by atoms with Crippen molar-refractivity contribution in [2.75, 3.05) is 6.54 Å². The Balaban J connectivity index is 1.67. The van der Waals surface area contributed by atoms with Crippen molar-refractivity contribution in [2.24, 2.45) is 0 Å². The van der Waals surface area contributed by atoms with Crippen molar-refractivity contribution in [1.29, 1.82) is 0 Å². The summed E-state index contributed by atoms with van der Waals surface area (Å²) in [5, 5.41) is 9.73. The number of aryl methyl sites for hydroxylation is 1. The largest absolute Gasteiger partial charge is 0.276 e. The van der Waals surface area contributed by atoms with E-state index in [1.54, 1.807) is 30.6 Å². The van der Waals surface area contributed by atoms with Gasteiger partial charge >= 0.3 is 0 Å². The number of nitrogens with one attached hydrogen (secondary N) is 1. The number of rotatable bonds is 5. The molecule has 21 heavy (non-hydrogen) atoms. The predicted molar refractivity (Wildman–Crippen MR) is 80.9 cm³/mol. The van der Waals surface area contributed by atoms with Crippen LogP contribution in [0.15, 0.2) is 40.9 Å². The Morgan fingerprint density at radius 1 is 1.29 bits per heavy atom. The van der Waals surface area contributed by atoms with E-state index in [9.17, 15) is 8.42 Å². The van der Waals surface area contributed by atoms with E-state index < -0.39 is 10.0 Å². The lowest BCUT2D eigenvalue weighted by Gasteiger charge is -2.06. The van der Waals surface area contributed by atoms with E-state index in [0.29, 0.717) is 13.0 Å². The molecular formula is C13H14N4O2S2. The average molecular weight is 322 g/mol. The molecule has 0 saturated carbocycles. The summed E-state index contributed by atoms with van der Waals surface area (Å²) in [5.41, 5.74) is 2.02. The van der Waals surface area contributed by atoms with Crippen molar-refractivity contribution in [3.63, 3.8) is 0 Å². The number of aromatic nitrogens is 3. The third kappa shape index (κ3) is 2.97. The maximum absolute atomic E-state index is 12.1. The predicted octanol–water partition coefficient (Wildman–Crippen LogP) is 1.62. The van der Waals surface area contributed by atoms with Crippen LogP contribution >= 0.6 is 11.3 Å². The van der Waals surface area contributed by atoms with Gasteiger partial charge in [0.1, 0.15) is 6.33 Å². The number of benzene rings is 1. The summed E-state index contributed by atoms with van der Waals surface area (Å²) in [5.74, 6) is 0. The fourth-order valence-corrected chi connectivity index (χ4v) is 3.85. The molecule has 0 saturated heterocycles. The molecule has 0 radical (unpaired) electrons. The maximum Gasteiger partial charge on any atom is 0.240 e. The van der Waals surface area contributed by atoms with Crippen LogP contribution in [0.4, 0.5) is 0 Å². The summed E-state index contributed by atoms with van der Waals surface area (Å²) in [4.78, 5) is 1.10. The minimum Gasteiger partial charge on any atom is -0.276 e. The molecule has 0 atom stereocenters. The third-order valence-corrected chi connectivity index (χ3v) is 5.49. The summed E-state index contributed by atoms with van der Waals surface area (Å²) in [6.45, 7) is 2.25. The second kappa shape index (κ2) is 5.55. The zero-order valence-electron chi connectivity index (χ0n) is 11.4. The van der Waals surface area contributed by atoms with Crippen LogP contribution in [0.3, 0.4) is 0 Å². The molecule has 0 amide bonds. The first-order chi connectivity index (χ1) is 10.1. The number of hydrogen-bond donors (Lipinski definition) is 1. The lowest BCUT2D eigenvalue weighted by atomic mass is 10.2. The standard InChI is InChI=1S/C13H14N4O2S2/c1-10-2-4-12(5-3-10)21(18,19)15-7-6-11-8-20-13-16-14-9-17(11)13/h2-5,8-9,15H,6-7H2,1H3. The van der Waals surface area contributed by atoms with Crippen LogP contribution in [0.1, 0.15) is 11.3 Å². The van der Waals surface area contributed by atoms with E-state index >= 15 is 0 Å². The van der Waals surface area contributed by atoms with Gasteiger partial charge in [-0.2, -0.15) is 0 Å². The van der Waals surface area contributed by atoms with Gasteiger partial charge in [-0.15, -0.1) is 21.5 Å². The molecule has 0 fully saturated rings. The quantitative estimate of drug-likeness (QED) is 0.774. The molecule has 0 aliphatic rings. The van der Waals surface area contributed by atoms with Gasteiger partial charge in [0.05, 0.1) is 4.90 Å². The number of nitrogens with zero attached hydrogens (tertiary/aromatic N) is 3. The molecule has 1 aromatic carbocycles. The number of fused-ring (bicyclic) bond motifs is 1. The van der Waals surface area contributed by atoms with Gasteiger partial charge in [-0.05, 0) is 19.1 Å². The SMILES string of the molecule is Cc1ccc(S(=O)(=O)NCCc2csc3nncn23)cc1. The van der Waals surface area contributed by atoms with Crippen LogP contribution in [0.5, 0.6) is 0 Å². The van der Waals surface area contributed by atoms with Crippen LogP contribution in [0.25, 0.3) is 4.96 Å². The molecule has 8 heteroatoms. The first kappa shape index (κ1) is 14.2. The Morgan fingerprint density at radius 2 is 2.05 bits per heavy atom. The van der Waals surface area contributed by atoms with E-state index in [0.717, 1.165) is 16.2 Å². The molecular weight excluding hydrogens is 308 g/mol. The molecule has 1 N–H and O–H groups in total. The Bertz CT molecular complexity index is 850. The van der Waals surface area contributed by atoms with E-state index in [4.69, 9.17) is 0 Å². The highest BCUT2D eigenvalue weighted by Gasteiger charge is 2.13. The zero-order valence-corrected chi connectivity index (χ0v) is 13.0. The molecule has 0 spiro atoms. The first-order valence-corrected chi connectivity index (χ1v) is 8.75. The van der Waals surface area contributed by atoms with Crippen LogP contribution in [-0.2, 0) is 16.4 Å². The highest BCUT2D eigenvalue weighted by Crippen LogP contribution is 2.14. The molecule has 0 aliphatic carbocycles. The molecule has 2 aromatic heterocycles. The Hall–Kier alpha value is -1.77. The van der Waals surface area contributed by atoms with Crippen molar-refractivity contribution in [1.82, 2.24) is 19.3 Å². The van der Waals surface area contributed by atoms with Gasteiger partial charge in [-0.3, -0.25) is 4.40 Å². The molecule has 3 aromatic rings. The fourth-order valence-electron chi connectivity index (χ4n) is 1.97. The van der Waals surface area contributed by atoms with Crippen LogP contribution in [0, 0.1) is 6.92 Å². The van der Waals surface area contributed by atoms with Crippen LogP contribution in [0.2, 0.25) is 0 Å². The van der Waals surface area contributed by atoms with Crippen molar-refractivity contribution < 1.29 is 8.42 Å². The molecule has 0 unspecified atom stereocenters. The van der Waals surface area contributed by atoms with Crippen molar-refractivity contribution >= 4 is 26.3 Å². The Morgan fingerprint density at radius 3 is 2.81 bits per heavy atom. The van der Waals surface area contributed by atoms with Crippen LogP contribution < -0.4 is 4.72 Å². The normalized spacial score (nSPS) is 12.0. The fraction of sp³-hybridized carbons (Fsp3) is 0.231. The molecule has 110 valence electrons. The zero-order chi connectivity index (χ0) is 14.9. The lowest BCUT2D eigenvalue weighted by molar-refractivity contribution is 0.581. The number of hydrogen-bond acceptors (Lipinski definition) is 5. The highest BCUT2D eigenvalue weighted by atomic mass is 32.2. The van der Waals surface area contributed by atoms with Gasteiger partial charge in [-0.25, -0.2) is 13.1 Å². The molecule has 0 bridgehead atoms. The monoisotopic (exact) mass is 322 g/mol. The van der Waals surface area contributed by atoms with Crippen LogP contribution in [-0.4, -0.2) is 29.6 Å². The van der Waals surface area contributed by atoms with Gasteiger partial charge < -0.3 is 0 Å². The van der Waals surface area contributed by atoms with Gasteiger partial charge in [0.15, 0.2) is 0 Å². The first-order valence-electron chi connectivity index (χ1n) is 6.39. The van der Waals surface area contributed by atoms with E-state index in [1.165, 1.54) is 11.3 Å². The lowest BCUT2D eigenvalue weighted by Crippen LogP contribution is -2.26. The van der Waals surface area contributed by atoms with Crippen molar-refractivity contribution in [3.05, 3.63) is 47.2 Å². The summed E-state index contributed by atoms with van der Waals surface area (Å²) < 4.78 is 28.8. The van der Waals surface area contributed by atoms with Gasteiger partial charge in [0.25, 0.3) is 0 Å². The molecule has 6 nitrogen and oxygen atoms in total. The van der Waals surface area contributed by atoms with E-state index in [-0.39, 0.29) is 4.90 Å². The second-order valence-corrected chi connectivity index (χ2v) is 7.27. The van der Waals surface area contributed by atoms with Gasteiger partial charge in [0.2, 0.25) is 15.0 Å².